The van der Waals surface area contributed by atoms with E-state index in [1.54, 1.807) is 0 Å². The van der Waals surface area contributed by atoms with Gasteiger partial charge in [0.2, 0.25) is 0 Å². The molecule has 0 aromatic carbocycles. The van der Waals surface area contributed by atoms with Crippen LogP contribution in [0.5, 0.6) is 0 Å². The number of hydrogen-bond acceptors (Lipinski definition) is 3. The summed E-state index contributed by atoms with van der Waals surface area (Å²) in [6.45, 7) is 4.52. The van der Waals surface area contributed by atoms with Crippen molar-refractivity contribution in [2.75, 3.05) is 0 Å². The molecule has 4 heteroatoms. The fourth-order valence-electron chi connectivity index (χ4n) is 5.66. The first-order chi connectivity index (χ1) is 19.6. The Morgan fingerprint density at radius 3 is 1.15 bits per heavy atom. The highest BCUT2D eigenvalue weighted by Crippen LogP contribution is 2.18. The zero-order valence-corrected chi connectivity index (χ0v) is 27.2. The minimum Gasteiger partial charge on any atom is -0.481 e. The second-order valence-corrected chi connectivity index (χ2v) is 12.4. The van der Waals surface area contributed by atoms with Gasteiger partial charge in [0, 0.05) is 12.8 Å². The Bertz CT molecular complexity index is 533. The third-order valence-corrected chi connectivity index (χ3v) is 8.33. The van der Waals surface area contributed by atoms with E-state index in [1.807, 2.05) is 0 Å². The van der Waals surface area contributed by atoms with E-state index in [0.29, 0.717) is 19.3 Å². The number of esters is 1. The van der Waals surface area contributed by atoms with Crippen molar-refractivity contribution in [1.29, 1.82) is 0 Å². The van der Waals surface area contributed by atoms with E-state index in [9.17, 15) is 9.59 Å². The molecule has 0 amide bonds. The molecule has 0 spiro atoms. The van der Waals surface area contributed by atoms with Gasteiger partial charge in [0.1, 0.15) is 6.10 Å². The first kappa shape index (κ1) is 38.9. The van der Waals surface area contributed by atoms with Crippen LogP contribution in [0, 0.1) is 0 Å². The van der Waals surface area contributed by atoms with E-state index in [0.717, 1.165) is 25.7 Å². The molecule has 0 aromatic heterocycles. The van der Waals surface area contributed by atoms with E-state index >= 15 is 0 Å². The van der Waals surface area contributed by atoms with Crippen LogP contribution in [0.25, 0.3) is 0 Å². The molecular formula is C36H70O4. The minimum absolute atomic E-state index is 0.0877. The molecule has 0 saturated carbocycles. The number of unbranched alkanes of at least 4 members (excludes halogenated alkanes) is 24. The summed E-state index contributed by atoms with van der Waals surface area (Å²) in [6, 6.07) is 0. The third kappa shape index (κ3) is 31.5. The summed E-state index contributed by atoms with van der Waals surface area (Å²) < 4.78 is 5.78. The Balaban J connectivity index is 3.63. The predicted molar refractivity (Wildman–Crippen MR) is 172 cm³/mol. The highest BCUT2D eigenvalue weighted by Gasteiger charge is 2.15. The summed E-state index contributed by atoms with van der Waals surface area (Å²) in [5, 5.41) is 8.94. The maximum absolute atomic E-state index is 12.4. The maximum atomic E-state index is 12.4. The fraction of sp³-hybridized carbons (Fsp3) is 0.944. The van der Waals surface area contributed by atoms with Gasteiger partial charge in [0.05, 0.1) is 0 Å². The largest absolute Gasteiger partial charge is 0.481 e. The molecule has 4 nitrogen and oxygen atoms in total. The Labute approximate surface area is 250 Å². The lowest BCUT2D eigenvalue weighted by atomic mass is 10.0. The Kier molecular flexibility index (Phi) is 31.6. The van der Waals surface area contributed by atoms with Gasteiger partial charge in [-0.3, -0.25) is 9.59 Å². The fourth-order valence-corrected chi connectivity index (χ4v) is 5.66. The van der Waals surface area contributed by atoms with E-state index < -0.39 is 5.97 Å². The SMILES string of the molecule is CCCCCCCCCCCCCCCCCCCCCC(=O)OC(CCCCCCCCC)CCCC(=O)O. The summed E-state index contributed by atoms with van der Waals surface area (Å²) >= 11 is 0. The van der Waals surface area contributed by atoms with Crippen LogP contribution >= 0.6 is 0 Å². The lowest BCUT2D eigenvalue weighted by Gasteiger charge is -2.18. The molecule has 0 rings (SSSR count). The molecule has 1 N–H and O–H groups in total. The number of rotatable bonds is 33. The number of carboxylic acids is 1. The van der Waals surface area contributed by atoms with Gasteiger partial charge < -0.3 is 9.84 Å². The molecule has 0 aliphatic heterocycles. The van der Waals surface area contributed by atoms with Gasteiger partial charge in [-0.1, -0.05) is 168 Å². The molecule has 1 atom stereocenters. The molecule has 0 aromatic rings. The number of hydrogen-bond donors (Lipinski definition) is 1. The van der Waals surface area contributed by atoms with E-state index in [1.165, 1.54) is 148 Å². The number of carboxylic acid groups (broad SMARTS) is 1. The molecule has 238 valence electrons. The summed E-state index contributed by atoms with van der Waals surface area (Å²) in [4.78, 5) is 23.3. The molecule has 0 aliphatic carbocycles. The molecule has 0 fully saturated rings. The summed E-state index contributed by atoms with van der Waals surface area (Å²) in [6.07, 6.45) is 37.0. The number of carbonyl (C=O) groups excluding carboxylic acids is 1. The number of ether oxygens (including phenoxy) is 1. The Hall–Kier alpha value is -1.06. The smallest absolute Gasteiger partial charge is 0.306 e. The average Bonchev–Trinajstić information content (AvgIpc) is 2.93. The predicted octanol–water partition coefficient (Wildman–Crippen LogP) is 12.1. The van der Waals surface area contributed by atoms with Crippen LogP contribution < -0.4 is 0 Å². The Morgan fingerprint density at radius 1 is 0.450 bits per heavy atom. The zero-order chi connectivity index (χ0) is 29.4. The van der Waals surface area contributed by atoms with Crippen molar-refractivity contribution in [1.82, 2.24) is 0 Å². The van der Waals surface area contributed by atoms with E-state index in [-0.39, 0.29) is 18.5 Å². The quantitative estimate of drug-likeness (QED) is 0.0633. The Morgan fingerprint density at radius 2 is 0.775 bits per heavy atom. The topological polar surface area (TPSA) is 63.6 Å². The van der Waals surface area contributed by atoms with Crippen molar-refractivity contribution >= 4 is 11.9 Å². The first-order valence-electron chi connectivity index (χ1n) is 18.0. The molecule has 0 bridgehead atoms. The zero-order valence-electron chi connectivity index (χ0n) is 27.2. The second-order valence-electron chi connectivity index (χ2n) is 12.4. The molecule has 0 saturated heterocycles. The van der Waals surface area contributed by atoms with Crippen molar-refractivity contribution in [3.63, 3.8) is 0 Å². The van der Waals surface area contributed by atoms with Gasteiger partial charge in [-0.15, -0.1) is 0 Å². The summed E-state index contributed by atoms with van der Waals surface area (Å²) in [5.41, 5.74) is 0. The summed E-state index contributed by atoms with van der Waals surface area (Å²) in [7, 11) is 0. The van der Waals surface area contributed by atoms with Crippen molar-refractivity contribution in [3.05, 3.63) is 0 Å². The van der Waals surface area contributed by atoms with Gasteiger partial charge in [0.25, 0.3) is 0 Å². The number of carbonyl (C=O) groups is 2. The van der Waals surface area contributed by atoms with Crippen LogP contribution in [0.1, 0.15) is 213 Å². The highest BCUT2D eigenvalue weighted by molar-refractivity contribution is 5.69. The highest BCUT2D eigenvalue weighted by atomic mass is 16.5. The molecular weight excluding hydrogens is 496 g/mol. The van der Waals surface area contributed by atoms with Crippen molar-refractivity contribution in [2.45, 2.75) is 219 Å². The maximum Gasteiger partial charge on any atom is 0.306 e. The minimum atomic E-state index is -0.768. The van der Waals surface area contributed by atoms with Crippen molar-refractivity contribution in [3.8, 4) is 0 Å². The van der Waals surface area contributed by atoms with Crippen LogP contribution in [0.3, 0.4) is 0 Å². The van der Waals surface area contributed by atoms with E-state index in [4.69, 9.17) is 9.84 Å². The normalized spacial score (nSPS) is 12.1. The standard InChI is InChI=1S/C36H70O4/c1-3-5-7-9-11-12-13-14-15-16-17-18-19-20-21-22-24-26-28-33-36(39)40-34(31-29-32-35(37)38)30-27-25-23-10-8-6-4-2/h34H,3-33H2,1-2H3,(H,37,38). The average molecular weight is 567 g/mol. The van der Waals surface area contributed by atoms with Gasteiger partial charge in [0.15, 0.2) is 0 Å². The van der Waals surface area contributed by atoms with Gasteiger partial charge in [-0.05, 0) is 32.1 Å². The van der Waals surface area contributed by atoms with Crippen LogP contribution in [0.4, 0.5) is 0 Å². The van der Waals surface area contributed by atoms with Gasteiger partial charge in [-0.2, -0.15) is 0 Å². The molecule has 1 unspecified atom stereocenters. The van der Waals surface area contributed by atoms with Gasteiger partial charge in [-0.25, -0.2) is 0 Å². The van der Waals surface area contributed by atoms with Crippen molar-refractivity contribution < 1.29 is 19.4 Å². The summed E-state index contributed by atoms with van der Waals surface area (Å²) in [5.74, 6) is -0.856. The van der Waals surface area contributed by atoms with E-state index in [2.05, 4.69) is 13.8 Å². The lowest BCUT2D eigenvalue weighted by Crippen LogP contribution is -2.18. The van der Waals surface area contributed by atoms with Crippen LogP contribution in [0.2, 0.25) is 0 Å². The molecule has 0 radical (unpaired) electrons. The van der Waals surface area contributed by atoms with Gasteiger partial charge >= 0.3 is 11.9 Å². The second kappa shape index (κ2) is 32.5. The van der Waals surface area contributed by atoms with Crippen LogP contribution in [-0.2, 0) is 14.3 Å². The van der Waals surface area contributed by atoms with Crippen LogP contribution in [-0.4, -0.2) is 23.1 Å². The lowest BCUT2D eigenvalue weighted by molar-refractivity contribution is -0.150. The monoisotopic (exact) mass is 567 g/mol. The number of aliphatic carboxylic acids is 1. The van der Waals surface area contributed by atoms with Crippen molar-refractivity contribution in [2.24, 2.45) is 0 Å². The van der Waals surface area contributed by atoms with Crippen LogP contribution in [0.15, 0.2) is 0 Å². The molecule has 40 heavy (non-hydrogen) atoms. The molecule has 0 aliphatic rings. The third-order valence-electron chi connectivity index (χ3n) is 8.33. The molecule has 0 heterocycles. The first-order valence-corrected chi connectivity index (χ1v) is 18.0.